The van der Waals surface area contributed by atoms with Gasteiger partial charge in [-0.15, -0.1) is 0 Å². The molecule has 1 aromatic carbocycles. The summed E-state index contributed by atoms with van der Waals surface area (Å²) in [5.74, 6) is -1.54. The lowest BCUT2D eigenvalue weighted by atomic mass is 9.99. The van der Waals surface area contributed by atoms with Crippen molar-refractivity contribution in [3.63, 3.8) is 0 Å². The zero-order valence-corrected chi connectivity index (χ0v) is 20.0. The molecule has 0 radical (unpaired) electrons. The number of aromatic nitrogens is 3. The highest BCUT2D eigenvalue weighted by atomic mass is 35.5. The molecule has 184 valence electrons. The van der Waals surface area contributed by atoms with E-state index >= 15 is 0 Å². The molecule has 11 heteroatoms. The van der Waals surface area contributed by atoms with Crippen molar-refractivity contribution < 1.29 is 18.1 Å². The second kappa shape index (κ2) is 9.87. The van der Waals surface area contributed by atoms with Crippen LogP contribution in [0.25, 0.3) is 11.4 Å². The van der Waals surface area contributed by atoms with E-state index in [1.54, 1.807) is 6.20 Å². The Bertz CT molecular complexity index is 1260. The van der Waals surface area contributed by atoms with E-state index in [2.05, 4.69) is 25.8 Å². The predicted molar refractivity (Wildman–Crippen MR) is 126 cm³/mol. The van der Waals surface area contributed by atoms with E-state index in [-0.39, 0.29) is 34.9 Å². The van der Waals surface area contributed by atoms with Gasteiger partial charge in [0.25, 0.3) is 0 Å². The van der Waals surface area contributed by atoms with Crippen molar-refractivity contribution in [3.8, 4) is 11.4 Å². The Morgan fingerprint density at radius 3 is 2.94 bits per heavy atom. The van der Waals surface area contributed by atoms with Crippen LogP contribution in [0.2, 0.25) is 5.02 Å². The number of benzene rings is 1. The van der Waals surface area contributed by atoms with E-state index in [0.29, 0.717) is 18.7 Å². The number of nitrogens with one attached hydrogen (secondary N) is 2. The van der Waals surface area contributed by atoms with Crippen LogP contribution in [-0.4, -0.2) is 46.7 Å². The lowest BCUT2D eigenvalue weighted by Gasteiger charge is -2.33. The van der Waals surface area contributed by atoms with Crippen molar-refractivity contribution in [1.82, 2.24) is 25.8 Å². The van der Waals surface area contributed by atoms with E-state index in [1.807, 2.05) is 11.8 Å². The molecule has 2 aliphatic heterocycles. The van der Waals surface area contributed by atoms with Crippen molar-refractivity contribution in [2.24, 2.45) is 0 Å². The molecule has 0 aliphatic carbocycles. The summed E-state index contributed by atoms with van der Waals surface area (Å²) < 4.78 is 33.7. The molecule has 2 aromatic heterocycles. The first kappa shape index (κ1) is 23.6. The number of rotatable bonds is 6. The summed E-state index contributed by atoms with van der Waals surface area (Å²) >= 11 is 6.08. The first-order chi connectivity index (χ1) is 16.9. The minimum absolute atomic E-state index is 0.0938. The minimum atomic E-state index is -0.662. The largest absolute Gasteiger partial charge is 0.365 e. The molecular weight excluding hydrogens is 478 g/mol. The molecule has 8 nitrogen and oxygen atoms in total. The van der Waals surface area contributed by atoms with Gasteiger partial charge < -0.3 is 20.1 Å². The van der Waals surface area contributed by atoms with Gasteiger partial charge in [0.05, 0.1) is 16.4 Å². The van der Waals surface area contributed by atoms with Gasteiger partial charge in [-0.2, -0.15) is 4.98 Å². The maximum atomic E-state index is 14.5. The summed E-state index contributed by atoms with van der Waals surface area (Å²) in [6.07, 6.45) is 5.32. The van der Waals surface area contributed by atoms with E-state index < -0.39 is 17.5 Å². The molecule has 4 heterocycles. The summed E-state index contributed by atoms with van der Waals surface area (Å²) in [4.78, 5) is 23.3. The number of hydrogen-bond donors (Lipinski definition) is 2. The first-order valence-electron chi connectivity index (χ1n) is 11.6. The Balaban J connectivity index is 1.40. The Morgan fingerprint density at radius 2 is 2.14 bits per heavy atom. The van der Waals surface area contributed by atoms with Crippen molar-refractivity contribution in [3.05, 3.63) is 57.7 Å². The van der Waals surface area contributed by atoms with Crippen LogP contribution in [0.1, 0.15) is 46.8 Å². The predicted octanol–water partition coefficient (Wildman–Crippen LogP) is 3.81. The van der Waals surface area contributed by atoms with E-state index in [0.717, 1.165) is 61.3 Å². The highest BCUT2D eigenvalue weighted by Crippen LogP contribution is 2.36. The zero-order valence-electron chi connectivity index (χ0n) is 19.2. The molecule has 1 fully saturated rings. The first-order valence-corrected chi connectivity index (χ1v) is 12.0. The fraction of sp³-hybridized carbons (Fsp3) is 0.417. The molecule has 3 aromatic rings. The molecule has 1 saturated heterocycles. The van der Waals surface area contributed by atoms with Crippen LogP contribution in [0.3, 0.4) is 0 Å². The quantitative estimate of drug-likeness (QED) is 0.495. The summed E-state index contributed by atoms with van der Waals surface area (Å²) in [6.45, 7) is 4.05. The van der Waals surface area contributed by atoms with Gasteiger partial charge in [-0.3, -0.25) is 9.78 Å². The molecular formula is C24H25ClF2N6O2. The maximum Gasteiger partial charge on any atom is 0.316 e. The van der Waals surface area contributed by atoms with Gasteiger partial charge >= 0.3 is 11.8 Å². The van der Waals surface area contributed by atoms with Gasteiger partial charge in [-0.25, -0.2) is 8.78 Å². The third-order valence-corrected chi connectivity index (χ3v) is 6.97. The van der Waals surface area contributed by atoms with E-state index in [9.17, 15) is 13.6 Å². The lowest BCUT2D eigenvalue weighted by Crippen LogP contribution is -2.37. The smallest absolute Gasteiger partial charge is 0.316 e. The fourth-order valence-corrected chi connectivity index (χ4v) is 4.95. The number of halogens is 3. The number of fused-ring (bicyclic) bond motifs is 1. The topological polar surface area (TPSA) is 96.2 Å². The van der Waals surface area contributed by atoms with Crippen molar-refractivity contribution in [2.45, 2.75) is 45.2 Å². The van der Waals surface area contributed by atoms with Crippen LogP contribution in [-0.2, 0) is 13.0 Å². The van der Waals surface area contributed by atoms with E-state index in [1.165, 1.54) is 0 Å². The molecule has 0 bridgehead atoms. The average Bonchev–Trinajstić information content (AvgIpc) is 3.56. The number of anilines is 1. The summed E-state index contributed by atoms with van der Waals surface area (Å²) in [5, 5.41) is 9.91. The molecule has 1 unspecified atom stereocenters. The maximum absolute atomic E-state index is 14.5. The van der Waals surface area contributed by atoms with Crippen LogP contribution in [0, 0.1) is 18.6 Å². The highest BCUT2D eigenvalue weighted by molar-refractivity contribution is 6.31. The summed E-state index contributed by atoms with van der Waals surface area (Å²) in [7, 11) is 0. The van der Waals surface area contributed by atoms with Gasteiger partial charge in [0.2, 0.25) is 5.82 Å². The Morgan fingerprint density at radius 1 is 1.31 bits per heavy atom. The van der Waals surface area contributed by atoms with Crippen molar-refractivity contribution in [2.75, 3.05) is 24.5 Å². The number of aryl methyl sites for hydroxylation is 1. The second-order valence-electron chi connectivity index (χ2n) is 8.87. The molecule has 0 spiro atoms. The van der Waals surface area contributed by atoms with Crippen LogP contribution in [0.4, 0.5) is 14.5 Å². The third kappa shape index (κ3) is 4.72. The normalized spacial score (nSPS) is 17.5. The average molecular weight is 503 g/mol. The number of nitrogens with zero attached hydrogens (tertiary/aromatic N) is 4. The molecule has 2 aliphatic rings. The number of carbonyl (C=O) groups is 1. The molecule has 1 atom stereocenters. The number of amides is 1. The Hall–Kier alpha value is -3.11. The Kier molecular flexibility index (Phi) is 6.66. The van der Waals surface area contributed by atoms with E-state index in [4.69, 9.17) is 16.1 Å². The number of pyridine rings is 1. The third-order valence-electron chi connectivity index (χ3n) is 6.56. The Labute approximate surface area is 206 Å². The van der Waals surface area contributed by atoms with Crippen LogP contribution in [0.5, 0.6) is 0 Å². The SMILES string of the molecule is Cc1c(-c2noc(C(=O)NCC3CCCN3)n2)cnc2c1N(Cc1c(F)ccc(F)c1Cl)CCC2. The fourth-order valence-electron chi connectivity index (χ4n) is 4.73. The van der Waals surface area contributed by atoms with Crippen LogP contribution in [0.15, 0.2) is 22.9 Å². The van der Waals surface area contributed by atoms with Gasteiger partial charge in [0.15, 0.2) is 0 Å². The molecule has 5 rings (SSSR count). The highest BCUT2D eigenvalue weighted by Gasteiger charge is 2.27. The molecule has 35 heavy (non-hydrogen) atoms. The second-order valence-corrected chi connectivity index (χ2v) is 9.24. The molecule has 2 N–H and O–H groups in total. The molecule has 1 amide bonds. The zero-order chi connectivity index (χ0) is 24.5. The van der Waals surface area contributed by atoms with Crippen LogP contribution >= 0.6 is 11.6 Å². The minimum Gasteiger partial charge on any atom is -0.365 e. The van der Waals surface area contributed by atoms with Gasteiger partial charge in [0, 0.05) is 43.0 Å². The van der Waals surface area contributed by atoms with Crippen molar-refractivity contribution >= 4 is 23.2 Å². The monoisotopic (exact) mass is 502 g/mol. The van der Waals surface area contributed by atoms with Gasteiger partial charge in [0.1, 0.15) is 11.6 Å². The number of hydrogen-bond acceptors (Lipinski definition) is 7. The van der Waals surface area contributed by atoms with Crippen LogP contribution < -0.4 is 15.5 Å². The van der Waals surface area contributed by atoms with Gasteiger partial charge in [-0.05, 0) is 56.8 Å². The molecule has 0 saturated carbocycles. The lowest BCUT2D eigenvalue weighted by molar-refractivity contribution is 0.0906. The summed E-state index contributed by atoms with van der Waals surface area (Å²) in [5.41, 5.74) is 3.15. The standard InChI is InChI=1S/C24H25ClF2N6O2/c1-13-15(22-31-24(35-32-22)23(34)30-10-14-4-2-8-28-14)11-29-19-5-3-9-33(21(13)19)12-16-17(26)6-7-18(27)20(16)25/h6-7,11,14,28H,2-5,8-10,12H2,1H3,(H,30,34). The number of carbonyl (C=O) groups excluding carboxylic acids is 1. The van der Waals surface area contributed by atoms with Crippen molar-refractivity contribution in [1.29, 1.82) is 0 Å². The summed E-state index contributed by atoms with van der Waals surface area (Å²) in [6, 6.07) is 2.35. The van der Waals surface area contributed by atoms with Gasteiger partial charge in [-0.1, -0.05) is 16.8 Å².